The van der Waals surface area contributed by atoms with E-state index in [1.807, 2.05) is 13.8 Å². The lowest BCUT2D eigenvalue weighted by Gasteiger charge is -2.32. The first-order valence-corrected chi connectivity index (χ1v) is 26.2. The molecule has 7 aromatic rings. The number of furan rings is 2. The zero-order chi connectivity index (χ0) is 57.3. The molecule has 0 saturated carbocycles. The topological polar surface area (TPSA) is 248 Å². The highest BCUT2D eigenvalue weighted by molar-refractivity contribution is 6.09. The van der Waals surface area contributed by atoms with Gasteiger partial charge in [0.2, 0.25) is 5.91 Å². The van der Waals surface area contributed by atoms with Gasteiger partial charge in [0.25, 0.3) is 17.7 Å². The fourth-order valence-electron chi connectivity index (χ4n) is 9.28. The van der Waals surface area contributed by atoms with Crippen molar-refractivity contribution in [3.8, 4) is 11.1 Å². The largest absolute Gasteiger partial charge is 0.467 e. The zero-order valence-corrected chi connectivity index (χ0v) is 44.8. The number of esters is 2. The molecule has 0 spiro atoms. The van der Waals surface area contributed by atoms with Crippen LogP contribution in [0, 0.1) is 11.6 Å². The highest BCUT2D eigenvalue weighted by Crippen LogP contribution is 2.41. The van der Waals surface area contributed by atoms with Gasteiger partial charge in [0.05, 0.1) is 72.8 Å². The van der Waals surface area contributed by atoms with E-state index in [0.29, 0.717) is 101 Å². The molecule has 18 heteroatoms. The van der Waals surface area contributed by atoms with Crippen LogP contribution in [0.2, 0.25) is 0 Å². The van der Waals surface area contributed by atoms with Gasteiger partial charge in [-0.05, 0) is 147 Å². The Morgan fingerprint density at radius 2 is 1.07 bits per heavy atom. The first-order valence-electron chi connectivity index (χ1n) is 26.2. The number of rotatable bonds is 22. The number of nitrogens with two attached hydrogens (primary N) is 2. The first kappa shape index (κ1) is 58.2. The minimum absolute atomic E-state index is 0.117. The van der Waals surface area contributed by atoms with Crippen molar-refractivity contribution in [2.75, 3.05) is 13.2 Å². The van der Waals surface area contributed by atoms with Gasteiger partial charge in [-0.15, -0.1) is 0 Å². The van der Waals surface area contributed by atoms with Gasteiger partial charge in [0.1, 0.15) is 23.2 Å². The molecule has 4 heterocycles. The van der Waals surface area contributed by atoms with Crippen LogP contribution in [0.4, 0.5) is 8.78 Å². The molecule has 0 bridgehead atoms. The van der Waals surface area contributed by atoms with Crippen molar-refractivity contribution in [1.82, 2.24) is 20.9 Å². The van der Waals surface area contributed by atoms with Gasteiger partial charge < -0.3 is 45.7 Å². The number of amides is 4. The Labute approximate surface area is 461 Å². The summed E-state index contributed by atoms with van der Waals surface area (Å²) in [4.78, 5) is 82.2. The van der Waals surface area contributed by atoms with Crippen LogP contribution in [0.1, 0.15) is 127 Å². The normalized spacial score (nSPS) is 12.9. The minimum atomic E-state index is -0.795. The highest BCUT2D eigenvalue weighted by atomic mass is 19.1. The predicted octanol–water partition coefficient (Wildman–Crippen LogP) is 9.67. The highest BCUT2D eigenvalue weighted by Gasteiger charge is 2.38. The molecule has 0 saturated heterocycles. The lowest BCUT2D eigenvalue weighted by molar-refractivity contribution is -0.138. The number of carbonyl (C=O) groups excluding carboxylic acids is 6. The summed E-state index contributed by atoms with van der Waals surface area (Å²) in [5.74, 6) is -3.41. The van der Waals surface area contributed by atoms with Crippen molar-refractivity contribution >= 4 is 35.6 Å². The summed E-state index contributed by atoms with van der Waals surface area (Å²) in [7, 11) is 0. The van der Waals surface area contributed by atoms with Crippen molar-refractivity contribution in [2.45, 2.75) is 85.2 Å². The fourth-order valence-corrected chi connectivity index (χ4v) is 9.28. The van der Waals surface area contributed by atoms with Crippen LogP contribution in [0.15, 0.2) is 165 Å². The van der Waals surface area contributed by atoms with Crippen molar-refractivity contribution < 1.29 is 55.9 Å². The average molecular weight is 1090 g/mol. The monoisotopic (exact) mass is 1090 g/mol. The van der Waals surface area contributed by atoms with Crippen LogP contribution in [0.5, 0.6) is 0 Å². The van der Waals surface area contributed by atoms with Gasteiger partial charge >= 0.3 is 11.9 Å². The average Bonchev–Trinajstić information content (AvgIpc) is 4.27. The van der Waals surface area contributed by atoms with E-state index < -0.39 is 29.7 Å². The number of halogens is 2. The van der Waals surface area contributed by atoms with Crippen LogP contribution in [0.3, 0.4) is 0 Å². The number of nitrogens with one attached hydrogen (secondary N) is 3. The van der Waals surface area contributed by atoms with Crippen LogP contribution in [-0.4, -0.2) is 53.8 Å². The van der Waals surface area contributed by atoms with Crippen LogP contribution in [0.25, 0.3) is 11.1 Å². The molecule has 414 valence electrons. The molecular weight excluding hydrogens is 1030 g/mol. The van der Waals surface area contributed by atoms with Gasteiger partial charge in [-0.3, -0.25) is 24.2 Å². The Morgan fingerprint density at radius 1 is 0.562 bits per heavy atom. The molecule has 1 atom stereocenters. The number of dihydropyridines is 1. The molecule has 1 aliphatic rings. The summed E-state index contributed by atoms with van der Waals surface area (Å²) in [6, 6.07) is 32.5. The Morgan fingerprint density at radius 3 is 1.54 bits per heavy atom. The first-order chi connectivity index (χ1) is 38.6. The predicted molar refractivity (Wildman–Crippen MR) is 294 cm³/mol. The molecule has 4 aromatic carbocycles. The van der Waals surface area contributed by atoms with E-state index in [1.165, 1.54) is 36.8 Å². The number of primary amides is 2. The van der Waals surface area contributed by atoms with Gasteiger partial charge in [-0.25, -0.2) is 18.4 Å². The number of allylic oxidation sites excluding steroid dienone is 2. The molecule has 1 unspecified atom stereocenters. The summed E-state index contributed by atoms with van der Waals surface area (Å²) < 4.78 is 48.1. The molecule has 80 heavy (non-hydrogen) atoms. The molecule has 16 nitrogen and oxygen atoms in total. The number of hydrogen-bond acceptors (Lipinski definition) is 12. The quantitative estimate of drug-likeness (QED) is 0.0398. The molecule has 0 aliphatic carbocycles. The lowest BCUT2D eigenvalue weighted by atomic mass is 9.78. The molecule has 0 radical (unpaired) electrons. The molecule has 3 aromatic heterocycles. The molecule has 1 aliphatic heterocycles. The third-order valence-corrected chi connectivity index (χ3v) is 13.1. The van der Waals surface area contributed by atoms with Crippen LogP contribution < -0.4 is 27.4 Å². The van der Waals surface area contributed by atoms with Gasteiger partial charge in [0.15, 0.2) is 0 Å². The molecule has 0 fully saturated rings. The van der Waals surface area contributed by atoms with Crippen molar-refractivity contribution in [1.29, 1.82) is 0 Å². The number of hydrogen-bond donors (Lipinski definition) is 5. The standard InChI is InChI=1S/C31H32FN3O5.C31H30FN3O5/c2*1-3-24-27(29(33)36)26(20-10-12-21(13-11-20)30(37)34-18-23-6-5-17-40-23)28(31(38)39-4-2)25(35-24)16-9-19-7-14-22(32)15-8-19/h5-8,10-15,17,26,35H,3-4,9,16,18H2,1-2H3,(H2,33,36)(H,34,37);5-8,10-15,17H,3-4,9,16,18H2,1-2H3,(H2,33,36)(H,34,37). The SMILES string of the molecule is CCOC(=O)C1=C(CCc2ccc(F)cc2)NC(CC)=C(C(N)=O)C1c1ccc(C(=O)NCc2ccco2)cc1.CCOC(=O)c1c(CCc2ccc(F)cc2)nc(CC)c(C(N)=O)c1-c1ccc(C(=O)NCc2ccco2)cc1. The second-order valence-electron chi connectivity index (χ2n) is 18.3. The number of benzene rings is 4. The van der Waals surface area contributed by atoms with Gasteiger partial charge in [-0.2, -0.15) is 0 Å². The van der Waals surface area contributed by atoms with E-state index in [2.05, 4.69) is 20.9 Å². The maximum absolute atomic E-state index is 13.4. The second-order valence-corrected chi connectivity index (χ2v) is 18.3. The van der Waals surface area contributed by atoms with Crippen LogP contribution in [-0.2, 0) is 57.8 Å². The van der Waals surface area contributed by atoms with Crippen molar-refractivity contribution in [2.24, 2.45) is 11.5 Å². The molecular formula is C62H62F2N6O10. The lowest BCUT2D eigenvalue weighted by Crippen LogP contribution is -2.35. The number of ether oxygens (including phenoxy) is 2. The van der Waals surface area contributed by atoms with E-state index >= 15 is 0 Å². The molecule has 7 N–H and O–H groups in total. The zero-order valence-electron chi connectivity index (χ0n) is 44.8. The second kappa shape index (κ2) is 27.7. The third-order valence-electron chi connectivity index (χ3n) is 13.1. The third kappa shape index (κ3) is 14.6. The minimum Gasteiger partial charge on any atom is -0.467 e. The maximum Gasteiger partial charge on any atom is 0.340 e. The Balaban J connectivity index is 0.000000231. The molecule has 4 amide bonds. The fraction of sp³-hybridized carbons (Fsp3) is 0.242. The van der Waals surface area contributed by atoms with E-state index in [9.17, 15) is 37.5 Å². The van der Waals surface area contributed by atoms with Crippen LogP contribution >= 0.6 is 0 Å². The van der Waals surface area contributed by atoms with E-state index in [1.54, 1.807) is 111 Å². The van der Waals surface area contributed by atoms with Gasteiger partial charge in [0, 0.05) is 33.7 Å². The summed E-state index contributed by atoms with van der Waals surface area (Å²) in [6.07, 6.45) is 5.69. The van der Waals surface area contributed by atoms with E-state index in [-0.39, 0.29) is 72.0 Å². The maximum atomic E-state index is 13.4. The number of aryl methyl sites for hydroxylation is 4. The van der Waals surface area contributed by atoms with E-state index in [4.69, 9.17) is 29.8 Å². The summed E-state index contributed by atoms with van der Waals surface area (Å²) in [5.41, 5.74) is 18.6. The smallest absolute Gasteiger partial charge is 0.340 e. The summed E-state index contributed by atoms with van der Waals surface area (Å²) >= 11 is 0. The number of nitrogens with zero attached hydrogens (tertiary/aromatic N) is 1. The Bertz CT molecular complexity index is 3370. The number of aromatic nitrogens is 1. The number of pyridine rings is 1. The molecule has 8 rings (SSSR count). The Kier molecular flexibility index (Phi) is 20.2. The number of carbonyl (C=O) groups is 6. The summed E-state index contributed by atoms with van der Waals surface area (Å²) in [5, 5.41) is 8.86. The van der Waals surface area contributed by atoms with Crippen molar-refractivity contribution in [3.63, 3.8) is 0 Å². The van der Waals surface area contributed by atoms with Crippen molar-refractivity contribution in [3.05, 3.63) is 230 Å². The van der Waals surface area contributed by atoms with Gasteiger partial charge in [-0.1, -0.05) is 62.4 Å². The van der Waals surface area contributed by atoms with E-state index in [0.717, 1.165) is 11.1 Å². The summed E-state index contributed by atoms with van der Waals surface area (Å²) in [6.45, 7) is 7.87. The Hall–Kier alpha value is -9.45.